The van der Waals surface area contributed by atoms with Crippen LogP contribution in [0.15, 0.2) is 30.6 Å². The molecule has 2 heterocycles. The number of carbonyl (C=O) groups is 1. The standard InChI is InChI=1S/C18H23N3O3/c1-12-8-13(2)15(16(9-12)21-6-3-5-19-21)11-20-7-4-14(22)10-17(20)18(23)24/h3,5-6,8-9,14,17,22H,4,7,10-11H2,1-2H3,(H,23,24)/t14-,17+/m0/s1. The van der Waals surface area contributed by atoms with Crippen molar-refractivity contribution in [3.8, 4) is 5.69 Å². The van der Waals surface area contributed by atoms with Crippen LogP contribution in [0, 0.1) is 13.8 Å². The summed E-state index contributed by atoms with van der Waals surface area (Å²) in [6.45, 7) is 5.19. The van der Waals surface area contributed by atoms with Crippen molar-refractivity contribution in [1.82, 2.24) is 14.7 Å². The fourth-order valence-corrected chi connectivity index (χ4v) is 3.44. The SMILES string of the molecule is Cc1cc(C)c(CN2CC[C@H](O)C[C@@H]2C(=O)O)c(-n2cccn2)c1. The van der Waals surface area contributed by atoms with Gasteiger partial charge in [0.05, 0.1) is 11.8 Å². The average molecular weight is 329 g/mol. The zero-order valence-electron chi connectivity index (χ0n) is 14.0. The van der Waals surface area contributed by atoms with E-state index in [1.807, 2.05) is 35.7 Å². The molecule has 24 heavy (non-hydrogen) atoms. The summed E-state index contributed by atoms with van der Waals surface area (Å²) >= 11 is 0. The smallest absolute Gasteiger partial charge is 0.321 e. The highest BCUT2D eigenvalue weighted by Crippen LogP contribution is 2.26. The Kier molecular flexibility index (Phi) is 4.69. The van der Waals surface area contributed by atoms with Crippen LogP contribution < -0.4 is 0 Å². The van der Waals surface area contributed by atoms with Gasteiger partial charge < -0.3 is 10.2 Å². The number of aliphatic carboxylic acids is 1. The highest BCUT2D eigenvalue weighted by atomic mass is 16.4. The highest BCUT2D eigenvalue weighted by Gasteiger charge is 2.33. The largest absolute Gasteiger partial charge is 0.480 e. The number of hydrogen-bond acceptors (Lipinski definition) is 4. The molecule has 2 N–H and O–H groups in total. The molecule has 6 nitrogen and oxygen atoms in total. The lowest BCUT2D eigenvalue weighted by Crippen LogP contribution is -2.48. The molecule has 3 rings (SSSR count). The Hall–Kier alpha value is -2.18. The number of carboxylic acid groups (broad SMARTS) is 1. The highest BCUT2D eigenvalue weighted by molar-refractivity contribution is 5.73. The van der Waals surface area contributed by atoms with Crippen LogP contribution in [0.2, 0.25) is 0 Å². The third-order valence-corrected chi connectivity index (χ3v) is 4.68. The first-order chi connectivity index (χ1) is 11.5. The number of likely N-dealkylation sites (tertiary alicyclic amines) is 1. The third-order valence-electron chi connectivity index (χ3n) is 4.68. The lowest BCUT2D eigenvalue weighted by Gasteiger charge is -2.36. The van der Waals surface area contributed by atoms with E-state index in [1.165, 1.54) is 0 Å². The molecule has 1 aromatic heterocycles. The predicted octanol–water partition coefficient (Wildman–Crippen LogP) is 1.90. The maximum absolute atomic E-state index is 11.6. The van der Waals surface area contributed by atoms with Gasteiger partial charge in [-0.2, -0.15) is 5.10 Å². The number of aliphatic hydroxyl groups is 1. The second-order valence-corrected chi connectivity index (χ2v) is 6.53. The normalized spacial score (nSPS) is 21.8. The van der Waals surface area contributed by atoms with E-state index in [1.54, 1.807) is 6.20 Å². The molecule has 0 aliphatic carbocycles. The molecule has 6 heteroatoms. The van der Waals surface area contributed by atoms with Gasteiger partial charge in [0.2, 0.25) is 0 Å². The van der Waals surface area contributed by atoms with Crippen molar-refractivity contribution >= 4 is 5.97 Å². The maximum Gasteiger partial charge on any atom is 0.321 e. The minimum Gasteiger partial charge on any atom is -0.480 e. The van der Waals surface area contributed by atoms with Crippen molar-refractivity contribution < 1.29 is 15.0 Å². The van der Waals surface area contributed by atoms with Crippen LogP contribution >= 0.6 is 0 Å². The summed E-state index contributed by atoms with van der Waals surface area (Å²) in [7, 11) is 0. The van der Waals surface area contributed by atoms with Crippen LogP contribution in [0.25, 0.3) is 5.69 Å². The van der Waals surface area contributed by atoms with Crippen molar-refractivity contribution in [3.63, 3.8) is 0 Å². The van der Waals surface area contributed by atoms with E-state index in [4.69, 9.17) is 0 Å². The first-order valence-electron chi connectivity index (χ1n) is 8.20. The quantitative estimate of drug-likeness (QED) is 0.896. The summed E-state index contributed by atoms with van der Waals surface area (Å²) in [4.78, 5) is 13.5. The molecule has 2 aromatic rings. The van der Waals surface area contributed by atoms with Crippen LogP contribution in [-0.2, 0) is 11.3 Å². The number of hydrogen-bond donors (Lipinski definition) is 2. The minimum absolute atomic E-state index is 0.275. The van der Waals surface area contributed by atoms with E-state index in [9.17, 15) is 15.0 Å². The van der Waals surface area contributed by atoms with Crippen molar-refractivity contribution in [2.24, 2.45) is 0 Å². The van der Waals surface area contributed by atoms with Crippen LogP contribution in [0.5, 0.6) is 0 Å². The van der Waals surface area contributed by atoms with Gasteiger partial charge in [-0.3, -0.25) is 9.69 Å². The zero-order chi connectivity index (χ0) is 17.3. The van der Waals surface area contributed by atoms with E-state index >= 15 is 0 Å². The number of aromatic nitrogens is 2. The molecule has 0 saturated carbocycles. The van der Waals surface area contributed by atoms with Crippen LogP contribution in [0.3, 0.4) is 0 Å². The summed E-state index contributed by atoms with van der Waals surface area (Å²) in [6, 6.07) is 5.40. The molecule has 2 atom stereocenters. The average Bonchev–Trinajstić information content (AvgIpc) is 3.05. The van der Waals surface area contributed by atoms with Gasteiger partial charge >= 0.3 is 5.97 Å². The minimum atomic E-state index is -0.876. The predicted molar refractivity (Wildman–Crippen MR) is 90.1 cm³/mol. The lowest BCUT2D eigenvalue weighted by molar-refractivity contribution is -0.147. The van der Waals surface area contributed by atoms with Gasteiger partial charge in [-0.15, -0.1) is 0 Å². The monoisotopic (exact) mass is 329 g/mol. The van der Waals surface area contributed by atoms with Crippen molar-refractivity contribution in [3.05, 3.63) is 47.3 Å². The van der Waals surface area contributed by atoms with Crippen molar-refractivity contribution in [2.45, 2.75) is 45.4 Å². The molecule has 1 aromatic carbocycles. The number of aryl methyl sites for hydroxylation is 2. The Morgan fingerprint density at radius 3 is 2.83 bits per heavy atom. The van der Waals surface area contributed by atoms with Crippen molar-refractivity contribution in [2.75, 3.05) is 6.54 Å². The Morgan fingerprint density at radius 1 is 1.38 bits per heavy atom. The van der Waals surface area contributed by atoms with E-state index < -0.39 is 18.1 Å². The first-order valence-corrected chi connectivity index (χ1v) is 8.20. The van der Waals surface area contributed by atoms with E-state index in [0.29, 0.717) is 19.5 Å². The number of carboxylic acids is 1. The van der Waals surface area contributed by atoms with Gasteiger partial charge in [-0.05, 0) is 55.5 Å². The van der Waals surface area contributed by atoms with Crippen LogP contribution in [-0.4, -0.2) is 49.6 Å². The Morgan fingerprint density at radius 2 is 2.17 bits per heavy atom. The summed E-state index contributed by atoms with van der Waals surface area (Å²) in [6.07, 6.45) is 3.97. The van der Waals surface area contributed by atoms with Crippen LogP contribution in [0.4, 0.5) is 0 Å². The van der Waals surface area contributed by atoms with Crippen molar-refractivity contribution in [1.29, 1.82) is 0 Å². The molecule has 0 spiro atoms. The number of rotatable bonds is 4. The fraction of sp³-hybridized carbons (Fsp3) is 0.444. The molecule has 0 bridgehead atoms. The van der Waals surface area contributed by atoms with Gasteiger partial charge in [-0.1, -0.05) is 6.07 Å². The Balaban J connectivity index is 1.96. The topological polar surface area (TPSA) is 78.6 Å². The molecule has 1 saturated heterocycles. The van der Waals surface area contributed by atoms with Gasteiger partial charge in [0.1, 0.15) is 6.04 Å². The molecule has 0 unspecified atom stereocenters. The van der Waals surface area contributed by atoms with E-state index in [-0.39, 0.29) is 6.42 Å². The fourth-order valence-electron chi connectivity index (χ4n) is 3.44. The second-order valence-electron chi connectivity index (χ2n) is 6.53. The molecule has 128 valence electrons. The van der Waals surface area contributed by atoms with E-state index in [2.05, 4.69) is 17.2 Å². The number of nitrogens with zero attached hydrogens (tertiary/aromatic N) is 3. The molecule has 0 radical (unpaired) electrons. The van der Waals surface area contributed by atoms with Gasteiger partial charge in [-0.25, -0.2) is 4.68 Å². The van der Waals surface area contributed by atoms with Crippen LogP contribution in [0.1, 0.15) is 29.5 Å². The molecular formula is C18H23N3O3. The molecule has 1 fully saturated rings. The maximum atomic E-state index is 11.6. The van der Waals surface area contributed by atoms with Gasteiger partial charge in [0.15, 0.2) is 0 Å². The molecular weight excluding hydrogens is 306 g/mol. The summed E-state index contributed by atoms with van der Waals surface area (Å²) < 4.78 is 1.82. The first kappa shape index (κ1) is 16.7. The van der Waals surface area contributed by atoms with E-state index in [0.717, 1.165) is 22.4 Å². The summed E-state index contributed by atoms with van der Waals surface area (Å²) in [5, 5.41) is 23.6. The molecule has 0 amide bonds. The number of piperidine rings is 1. The second kappa shape index (κ2) is 6.75. The third kappa shape index (κ3) is 3.34. The van der Waals surface area contributed by atoms with Gasteiger partial charge in [0.25, 0.3) is 0 Å². The zero-order valence-corrected chi connectivity index (χ0v) is 14.0. The number of aliphatic hydroxyl groups excluding tert-OH is 1. The van der Waals surface area contributed by atoms with Gasteiger partial charge in [0, 0.05) is 25.5 Å². The Labute approximate surface area is 141 Å². The molecule has 1 aliphatic rings. The number of benzene rings is 1. The molecule has 1 aliphatic heterocycles. The summed E-state index contributed by atoms with van der Waals surface area (Å²) in [5.74, 6) is -0.876. The summed E-state index contributed by atoms with van der Waals surface area (Å²) in [5.41, 5.74) is 4.32. The lowest BCUT2D eigenvalue weighted by atomic mass is 9.96. The Bertz CT molecular complexity index is 727.